The number of hydrogen-bond donors (Lipinski definition) is 1. The second-order valence-electron chi connectivity index (χ2n) is 7.15. The van der Waals surface area contributed by atoms with E-state index >= 15 is 0 Å². The molecule has 0 amide bonds. The Kier molecular flexibility index (Phi) is 4.02. The summed E-state index contributed by atoms with van der Waals surface area (Å²) in [6, 6.07) is 6.78. The fourth-order valence-electron chi connectivity index (χ4n) is 3.99. The quantitative estimate of drug-likeness (QED) is 0.764. The van der Waals surface area contributed by atoms with Crippen molar-refractivity contribution in [1.29, 1.82) is 0 Å². The molecular weight excluding hydrogens is 347 g/mol. The average Bonchev–Trinajstić information content (AvgIpc) is 3.39. The van der Waals surface area contributed by atoms with Gasteiger partial charge in [0.05, 0.1) is 6.04 Å². The van der Waals surface area contributed by atoms with E-state index in [1.165, 1.54) is 6.07 Å². The molecule has 1 aromatic carbocycles. The van der Waals surface area contributed by atoms with Gasteiger partial charge in [0.2, 0.25) is 0 Å². The maximum Gasteiger partial charge on any atom is 0.278 e. The fourth-order valence-corrected chi connectivity index (χ4v) is 3.99. The molecule has 0 spiro atoms. The summed E-state index contributed by atoms with van der Waals surface area (Å²) >= 11 is 0. The van der Waals surface area contributed by atoms with Crippen LogP contribution in [-0.2, 0) is 12.8 Å². The van der Waals surface area contributed by atoms with Crippen LogP contribution in [-0.4, -0.2) is 51.5 Å². The van der Waals surface area contributed by atoms with Crippen LogP contribution in [0.3, 0.4) is 0 Å². The lowest BCUT2D eigenvalue weighted by atomic mass is 10.2. The number of likely N-dealkylation sites (N-methyl/N-ethyl adjacent to an activating group) is 1. The molecule has 140 valence electrons. The zero-order chi connectivity index (χ0) is 18.4. The number of benzene rings is 1. The molecule has 3 heterocycles. The maximum atomic E-state index is 14.3. The monoisotopic (exact) mass is 368 g/mol. The Bertz CT molecular complexity index is 980. The van der Waals surface area contributed by atoms with Crippen molar-refractivity contribution in [3.8, 4) is 17.3 Å². The molecule has 8 heteroatoms. The molecule has 3 aromatic rings. The summed E-state index contributed by atoms with van der Waals surface area (Å²) < 4.78 is 21.6. The van der Waals surface area contributed by atoms with Crippen LogP contribution in [0.1, 0.15) is 29.5 Å². The Balaban J connectivity index is 1.55. The van der Waals surface area contributed by atoms with E-state index in [2.05, 4.69) is 32.5 Å². The van der Waals surface area contributed by atoms with Crippen LogP contribution >= 0.6 is 0 Å². The van der Waals surface area contributed by atoms with E-state index in [9.17, 15) is 4.39 Å². The molecule has 1 atom stereocenters. The summed E-state index contributed by atoms with van der Waals surface area (Å²) in [5.74, 6) is 0.784. The van der Waals surface area contributed by atoms with Gasteiger partial charge >= 0.3 is 0 Å². The number of rotatable bonds is 3. The summed E-state index contributed by atoms with van der Waals surface area (Å²) in [7, 11) is 2.06. The highest BCUT2D eigenvalue weighted by Gasteiger charge is 2.30. The smallest absolute Gasteiger partial charge is 0.278 e. The molecule has 0 bridgehead atoms. The third kappa shape index (κ3) is 2.76. The van der Waals surface area contributed by atoms with Crippen molar-refractivity contribution in [2.75, 3.05) is 26.7 Å². The lowest BCUT2D eigenvalue weighted by Gasteiger charge is -2.30. The molecule has 2 aromatic heterocycles. The molecule has 7 nitrogen and oxygen atoms in total. The summed E-state index contributed by atoms with van der Waals surface area (Å²) in [4.78, 5) is 6.85. The molecule has 1 aliphatic heterocycles. The van der Waals surface area contributed by atoms with E-state index in [-0.39, 0.29) is 11.9 Å². The Labute approximate surface area is 156 Å². The zero-order valence-electron chi connectivity index (χ0n) is 15.2. The van der Waals surface area contributed by atoms with E-state index in [1.807, 2.05) is 6.07 Å². The second-order valence-corrected chi connectivity index (χ2v) is 7.15. The first kappa shape index (κ1) is 16.6. The van der Waals surface area contributed by atoms with Gasteiger partial charge in [-0.15, -0.1) is 0 Å². The molecule has 1 saturated heterocycles. The minimum atomic E-state index is -0.289. The van der Waals surface area contributed by atoms with Crippen LogP contribution in [0.4, 0.5) is 4.39 Å². The van der Waals surface area contributed by atoms with Crippen molar-refractivity contribution in [1.82, 2.24) is 30.1 Å². The lowest BCUT2D eigenvalue weighted by molar-refractivity contribution is 0.190. The highest BCUT2D eigenvalue weighted by atomic mass is 19.1. The molecule has 1 unspecified atom stereocenters. The number of piperazine rings is 1. The lowest BCUT2D eigenvalue weighted by Crippen LogP contribution is -2.44. The third-order valence-electron chi connectivity index (χ3n) is 5.46. The molecule has 5 rings (SSSR count). The fraction of sp³-hybridized carbons (Fsp3) is 0.421. The summed E-state index contributed by atoms with van der Waals surface area (Å²) in [6.45, 7) is 2.68. The van der Waals surface area contributed by atoms with Crippen molar-refractivity contribution >= 4 is 0 Å². The number of para-hydroxylation sites is 1. The molecule has 1 N–H and O–H groups in total. The SMILES string of the molecule is CN1CCNCC1c1noc(-c2nn(-c3ccccc3F)c3c2CCC3)n1. The normalized spacial score (nSPS) is 20.1. The van der Waals surface area contributed by atoms with Crippen LogP contribution in [0.5, 0.6) is 0 Å². The van der Waals surface area contributed by atoms with Crippen LogP contribution in [0.25, 0.3) is 17.3 Å². The number of hydrogen-bond acceptors (Lipinski definition) is 6. The molecule has 0 radical (unpaired) electrons. The molecule has 2 aliphatic rings. The van der Waals surface area contributed by atoms with Crippen molar-refractivity contribution in [3.63, 3.8) is 0 Å². The Morgan fingerprint density at radius 3 is 3.00 bits per heavy atom. The summed E-state index contributed by atoms with van der Waals surface area (Å²) in [5, 5.41) is 12.2. The van der Waals surface area contributed by atoms with Gasteiger partial charge in [-0.05, 0) is 38.4 Å². The van der Waals surface area contributed by atoms with Crippen molar-refractivity contribution in [2.45, 2.75) is 25.3 Å². The minimum absolute atomic E-state index is 0.0814. The van der Waals surface area contributed by atoms with Gasteiger partial charge in [0.25, 0.3) is 5.89 Å². The largest absolute Gasteiger partial charge is 0.332 e. The zero-order valence-corrected chi connectivity index (χ0v) is 15.2. The molecule has 1 fully saturated rings. The first-order chi connectivity index (χ1) is 13.2. The number of nitrogens with zero attached hydrogens (tertiary/aromatic N) is 5. The highest BCUT2D eigenvalue weighted by molar-refractivity contribution is 5.58. The van der Waals surface area contributed by atoms with Crippen LogP contribution < -0.4 is 5.32 Å². The van der Waals surface area contributed by atoms with E-state index in [0.29, 0.717) is 23.1 Å². The Morgan fingerprint density at radius 1 is 1.26 bits per heavy atom. The topological polar surface area (TPSA) is 72.0 Å². The predicted molar refractivity (Wildman–Crippen MR) is 97.1 cm³/mol. The number of nitrogens with one attached hydrogen (secondary N) is 1. The van der Waals surface area contributed by atoms with Gasteiger partial charge in [-0.25, -0.2) is 9.07 Å². The minimum Gasteiger partial charge on any atom is -0.332 e. The summed E-state index contributed by atoms with van der Waals surface area (Å²) in [6.07, 6.45) is 2.78. The van der Waals surface area contributed by atoms with Crippen LogP contribution in [0.2, 0.25) is 0 Å². The Hall–Kier alpha value is -2.58. The standard InChI is InChI=1S/C19H21FN6O/c1-25-10-9-21-11-16(25)18-22-19(27-24-18)17-12-5-4-8-14(12)26(23-17)15-7-3-2-6-13(15)20/h2-3,6-7,16,21H,4-5,8-11H2,1H3. The summed E-state index contributed by atoms with van der Waals surface area (Å²) in [5.41, 5.74) is 3.25. The van der Waals surface area contributed by atoms with Gasteiger partial charge in [0.15, 0.2) is 11.5 Å². The van der Waals surface area contributed by atoms with Crippen LogP contribution in [0.15, 0.2) is 28.8 Å². The van der Waals surface area contributed by atoms with Crippen LogP contribution in [0, 0.1) is 5.82 Å². The third-order valence-corrected chi connectivity index (χ3v) is 5.46. The van der Waals surface area contributed by atoms with Gasteiger partial charge in [0.1, 0.15) is 11.5 Å². The number of halogens is 1. The first-order valence-corrected chi connectivity index (χ1v) is 9.33. The van der Waals surface area contributed by atoms with E-state index in [4.69, 9.17) is 4.52 Å². The van der Waals surface area contributed by atoms with Crippen molar-refractivity contribution in [3.05, 3.63) is 47.2 Å². The van der Waals surface area contributed by atoms with Gasteiger partial charge < -0.3 is 9.84 Å². The van der Waals surface area contributed by atoms with E-state index in [0.717, 1.165) is 50.2 Å². The molecular formula is C19H21FN6O. The molecule has 27 heavy (non-hydrogen) atoms. The predicted octanol–water partition coefficient (Wildman–Crippen LogP) is 2.13. The van der Waals surface area contributed by atoms with Crippen molar-refractivity contribution in [2.24, 2.45) is 0 Å². The van der Waals surface area contributed by atoms with Gasteiger partial charge in [0, 0.05) is 30.9 Å². The average molecular weight is 368 g/mol. The maximum absolute atomic E-state index is 14.3. The molecule has 0 saturated carbocycles. The van der Waals surface area contributed by atoms with Gasteiger partial charge in [-0.1, -0.05) is 17.3 Å². The number of aromatic nitrogens is 4. The number of fused-ring (bicyclic) bond motifs is 1. The van der Waals surface area contributed by atoms with Crippen molar-refractivity contribution < 1.29 is 8.91 Å². The van der Waals surface area contributed by atoms with E-state index in [1.54, 1.807) is 16.8 Å². The van der Waals surface area contributed by atoms with Gasteiger partial charge in [-0.3, -0.25) is 4.90 Å². The highest BCUT2D eigenvalue weighted by Crippen LogP contribution is 2.34. The van der Waals surface area contributed by atoms with E-state index < -0.39 is 0 Å². The first-order valence-electron chi connectivity index (χ1n) is 9.33. The van der Waals surface area contributed by atoms with Gasteiger partial charge in [-0.2, -0.15) is 10.1 Å². The molecule has 1 aliphatic carbocycles. The Morgan fingerprint density at radius 2 is 2.15 bits per heavy atom. The second kappa shape index (κ2) is 6.54.